The average molecular weight is 394 g/mol. The molecule has 0 aliphatic rings. The first-order valence-electron chi connectivity index (χ1n) is 6.87. The van der Waals surface area contributed by atoms with Crippen LogP contribution in [0.1, 0.15) is 22.8 Å². The number of hydrogen-bond donors (Lipinski definition) is 1. The fourth-order valence-electron chi connectivity index (χ4n) is 1.83. The number of nitrogens with one attached hydrogen (secondary N) is 1. The Bertz CT molecular complexity index is 744. The molecule has 0 saturated carbocycles. The molecule has 0 saturated heterocycles. The van der Waals surface area contributed by atoms with Crippen LogP contribution in [0.3, 0.4) is 0 Å². The molecule has 0 bridgehead atoms. The van der Waals surface area contributed by atoms with Gasteiger partial charge in [0, 0.05) is 11.9 Å². The summed E-state index contributed by atoms with van der Waals surface area (Å²) in [6.07, 6.45) is -1.43. The lowest BCUT2D eigenvalue weighted by atomic mass is 10.2. The van der Waals surface area contributed by atoms with Gasteiger partial charge < -0.3 is 10.1 Å². The molecule has 0 spiro atoms. The van der Waals surface area contributed by atoms with Crippen LogP contribution in [-0.2, 0) is 10.9 Å². The van der Waals surface area contributed by atoms with E-state index >= 15 is 0 Å². The minimum absolute atomic E-state index is 0. The fraction of sp³-hybridized carbons (Fsp3) is 0.267. The zero-order chi connectivity index (χ0) is 17.7. The van der Waals surface area contributed by atoms with E-state index in [1.54, 1.807) is 13.2 Å². The third kappa shape index (κ3) is 5.50. The Morgan fingerprint density at radius 3 is 2.68 bits per heavy atom. The minimum Gasteiger partial charge on any atom is -0.462 e. The van der Waals surface area contributed by atoms with E-state index in [1.807, 2.05) is 0 Å². The van der Waals surface area contributed by atoms with Crippen LogP contribution in [0.15, 0.2) is 35.6 Å². The van der Waals surface area contributed by atoms with E-state index in [0.29, 0.717) is 5.16 Å². The number of benzene rings is 1. The molecule has 0 atom stereocenters. The van der Waals surface area contributed by atoms with Crippen molar-refractivity contribution in [2.24, 2.45) is 0 Å². The predicted octanol–water partition coefficient (Wildman–Crippen LogP) is 4.56. The molecule has 1 heterocycles. The number of alkyl halides is 3. The lowest BCUT2D eigenvalue weighted by molar-refractivity contribution is -0.137. The maximum Gasteiger partial charge on any atom is 0.416 e. The van der Waals surface area contributed by atoms with Crippen LogP contribution in [0, 0.1) is 0 Å². The topological polar surface area (TPSA) is 64.1 Å². The Hall–Kier alpha value is -2.00. The molecule has 0 aliphatic heterocycles. The van der Waals surface area contributed by atoms with E-state index in [9.17, 15) is 18.0 Å². The van der Waals surface area contributed by atoms with Gasteiger partial charge in [0.2, 0.25) is 0 Å². The number of rotatable bonds is 5. The molecule has 136 valence electrons. The lowest BCUT2D eigenvalue weighted by Crippen LogP contribution is -2.11. The minimum atomic E-state index is -4.46. The van der Waals surface area contributed by atoms with Gasteiger partial charge in [0.05, 0.1) is 12.2 Å². The summed E-state index contributed by atoms with van der Waals surface area (Å²) in [4.78, 5) is 20.1. The van der Waals surface area contributed by atoms with Gasteiger partial charge in [-0.25, -0.2) is 14.8 Å². The molecular weight excluding hydrogens is 379 g/mol. The van der Waals surface area contributed by atoms with Gasteiger partial charge in [0.25, 0.3) is 0 Å². The second-order valence-electron chi connectivity index (χ2n) is 4.54. The second-order valence-corrected chi connectivity index (χ2v) is 5.32. The quantitative estimate of drug-likeness (QED) is 0.456. The number of ether oxygens (including phenoxy) is 1. The average Bonchev–Trinajstić information content (AvgIpc) is 2.54. The van der Waals surface area contributed by atoms with E-state index < -0.39 is 17.7 Å². The SMILES string of the molecule is CCOC(=O)c1cnc(SC)nc1Nc1cccc(C(F)(F)F)c1.Cl. The van der Waals surface area contributed by atoms with E-state index in [1.165, 1.54) is 30.1 Å². The number of carbonyl (C=O) groups is 1. The van der Waals surface area contributed by atoms with E-state index in [2.05, 4.69) is 15.3 Å². The maximum atomic E-state index is 12.8. The van der Waals surface area contributed by atoms with Crippen molar-refractivity contribution in [1.82, 2.24) is 9.97 Å². The molecule has 0 unspecified atom stereocenters. The summed E-state index contributed by atoms with van der Waals surface area (Å²) in [5.74, 6) is -0.563. The van der Waals surface area contributed by atoms with E-state index in [4.69, 9.17) is 4.74 Å². The van der Waals surface area contributed by atoms with E-state index in [0.717, 1.165) is 12.1 Å². The number of nitrogens with zero attached hydrogens (tertiary/aromatic N) is 2. The summed E-state index contributed by atoms with van der Waals surface area (Å²) in [7, 11) is 0. The van der Waals surface area contributed by atoms with Gasteiger partial charge in [-0.1, -0.05) is 17.8 Å². The highest BCUT2D eigenvalue weighted by Gasteiger charge is 2.30. The number of carbonyl (C=O) groups excluding carboxylic acids is 1. The highest BCUT2D eigenvalue weighted by atomic mass is 35.5. The third-order valence-corrected chi connectivity index (χ3v) is 3.46. The fourth-order valence-corrected chi connectivity index (χ4v) is 2.17. The molecule has 10 heteroatoms. The van der Waals surface area contributed by atoms with Gasteiger partial charge in [0.1, 0.15) is 11.4 Å². The first-order valence-corrected chi connectivity index (χ1v) is 8.10. The molecule has 0 amide bonds. The van der Waals surface area contributed by atoms with Crippen LogP contribution < -0.4 is 5.32 Å². The highest BCUT2D eigenvalue weighted by molar-refractivity contribution is 7.98. The Kier molecular flexibility index (Phi) is 7.50. The summed E-state index contributed by atoms with van der Waals surface area (Å²) >= 11 is 1.24. The summed E-state index contributed by atoms with van der Waals surface area (Å²) in [5, 5.41) is 3.11. The van der Waals surface area contributed by atoms with Crippen molar-refractivity contribution < 1.29 is 22.7 Å². The molecule has 0 fully saturated rings. The van der Waals surface area contributed by atoms with Crippen molar-refractivity contribution >= 4 is 41.6 Å². The largest absolute Gasteiger partial charge is 0.462 e. The van der Waals surface area contributed by atoms with Crippen LogP contribution >= 0.6 is 24.2 Å². The Balaban J connectivity index is 0.00000312. The zero-order valence-corrected chi connectivity index (χ0v) is 14.9. The van der Waals surface area contributed by atoms with Gasteiger partial charge in [-0.2, -0.15) is 13.2 Å². The van der Waals surface area contributed by atoms with Crippen LogP contribution in [0.25, 0.3) is 0 Å². The third-order valence-electron chi connectivity index (χ3n) is 2.90. The number of thioether (sulfide) groups is 1. The first-order chi connectivity index (χ1) is 11.3. The van der Waals surface area contributed by atoms with Crippen LogP contribution in [-0.4, -0.2) is 28.8 Å². The zero-order valence-electron chi connectivity index (χ0n) is 13.3. The number of hydrogen-bond acceptors (Lipinski definition) is 6. The summed E-state index contributed by atoms with van der Waals surface area (Å²) < 4.78 is 43.3. The summed E-state index contributed by atoms with van der Waals surface area (Å²) in [5.41, 5.74) is -0.600. The molecule has 25 heavy (non-hydrogen) atoms. The first kappa shape index (κ1) is 21.0. The number of halogens is 4. The predicted molar refractivity (Wildman–Crippen MR) is 91.7 cm³/mol. The normalized spacial score (nSPS) is 10.8. The number of aromatic nitrogens is 2. The molecule has 1 aromatic carbocycles. The lowest BCUT2D eigenvalue weighted by Gasteiger charge is -2.13. The Morgan fingerprint density at radius 1 is 1.36 bits per heavy atom. The standard InChI is InChI=1S/C15H14F3N3O2S.ClH/c1-3-23-13(22)11-8-19-14(24-2)21-12(11)20-10-6-4-5-9(7-10)15(16,17)18;/h4-8H,3H2,1-2H3,(H,19,20,21);1H. The molecule has 2 rings (SSSR count). The molecule has 1 aromatic heterocycles. The van der Waals surface area contributed by atoms with Gasteiger partial charge in [0.15, 0.2) is 5.16 Å². The van der Waals surface area contributed by atoms with Crippen LogP contribution in [0.5, 0.6) is 0 Å². The van der Waals surface area contributed by atoms with Gasteiger partial charge in [-0.05, 0) is 31.4 Å². The molecular formula is C15H15ClF3N3O2S. The molecule has 5 nitrogen and oxygen atoms in total. The summed E-state index contributed by atoms with van der Waals surface area (Å²) in [6.45, 7) is 1.81. The molecule has 2 aromatic rings. The number of anilines is 2. The molecule has 0 aliphatic carbocycles. The molecule has 1 N–H and O–H groups in total. The monoisotopic (exact) mass is 393 g/mol. The maximum absolute atomic E-state index is 12.8. The highest BCUT2D eigenvalue weighted by Crippen LogP contribution is 2.31. The van der Waals surface area contributed by atoms with Gasteiger partial charge >= 0.3 is 12.1 Å². The van der Waals surface area contributed by atoms with Crippen molar-refractivity contribution in [2.75, 3.05) is 18.2 Å². The second kappa shape index (κ2) is 8.91. The van der Waals surface area contributed by atoms with Crippen molar-refractivity contribution in [1.29, 1.82) is 0 Å². The van der Waals surface area contributed by atoms with Crippen LogP contribution in [0.2, 0.25) is 0 Å². The van der Waals surface area contributed by atoms with Crippen molar-refractivity contribution in [2.45, 2.75) is 18.3 Å². The van der Waals surface area contributed by atoms with Crippen LogP contribution in [0.4, 0.5) is 24.7 Å². The van der Waals surface area contributed by atoms with E-state index in [-0.39, 0.29) is 36.1 Å². The Morgan fingerprint density at radius 2 is 2.08 bits per heavy atom. The number of esters is 1. The Labute approximate surface area is 152 Å². The molecule has 0 radical (unpaired) electrons. The van der Waals surface area contributed by atoms with Crippen molar-refractivity contribution in [3.05, 3.63) is 41.6 Å². The van der Waals surface area contributed by atoms with Crippen molar-refractivity contribution in [3.63, 3.8) is 0 Å². The smallest absolute Gasteiger partial charge is 0.416 e. The summed E-state index contributed by atoms with van der Waals surface area (Å²) in [6, 6.07) is 4.62. The van der Waals surface area contributed by atoms with Gasteiger partial charge in [-0.3, -0.25) is 0 Å². The van der Waals surface area contributed by atoms with Gasteiger partial charge in [-0.15, -0.1) is 12.4 Å². The van der Waals surface area contributed by atoms with Crippen molar-refractivity contribution in [3.8, 4) is 0 Å².